The average Bonchev–Trinajstić information content (AvgIpc) is 2.55. The van der Waals surface area contributed by atoms with Crippen molar-refractivity contribution in [1.82, 2.24) is 4.31 Å². The molecule has 2 aromatic rings. The first-order valence-electron chi connectivity index (χ1n) is 8.92. The van der Waals surface area contributed by atoms with E-state index in [9.17, 15) is 8.42 Å². The zero-order chi connectivity index (χ0) is 18.9. The quantitative estimate of drug-likeness (QED) is 0.814. The number of hydrogen-bond acceptors (Lipinski definition) is 3. The molecule has 2 aromatic carbocycles. The van der Waals surface area contributed by atoms with Crippen LogP contribution in [-0.4, -0.2) is 31.4 Å². The van der Waals surface area contributed by atoms with Crippen LogP contribution in [0.5, 0.6) is 0 Å². The first kappa shape index (κ1) is 19.1. The third-order valence-electron chi connectivity index (χ3n) is 4.86. The second kappa shape index (κ2) is 7.14. The van der Waals surface area contributed by atoms with E-state index in [1.807, 2.05) is 76.2 Å². The third kappa shape index (κ3) is 4.17. The minimum absolute atomic E-state index is 0.0126. The van der Waals surface area contributed by atoms with Gasteiger partial charge in [-0.3, -0.25) is 0 Å². The fourth-order valence-electron chi connectivity index (χ4n) is 3.39. The molecule has 0 aliphatic carbocycles. The number of aryl methyl sites for hydroxylation is 2. The topological polar surface area (TPSA) is 46.6 Å². The van der Waals surface area contributed by atoms with Gasteiger partial charge in [-0.2, -0.15) is 4.31 Å². The van der Waals surface area contributed by atoms with E-state index in [0.717, 1.165) is 16.7 Å². The summed E-state index contributed by atoms with van der Waals surface area (Å²) in [4.78, 5) is 0. The number of ether oxygens (including phenoxy) is 1. The smallest absolute Gasteiger partial charge is 0.218 e. The standard InChI is InChI=1S/C21H27NO3S/c1-16-8-10-19(11-9-16)20-13-22(21(3,4)15-25-20)26(23,24)14-18-7-5-6-17(2)12-18/h5-12,20H,13-15H2,1-4H3. The Morgan fingerprint density at radius 3 is 2.42 bits per heavy atom. The minimum Gasteiger partial charge on any atom is -0.370 e. The maximum Gasteiger partial charge on any atom is 0.218 e. The van der Waals surface area contributed by atoms with E-state index in [1.54, 1.807) is 4.31 Å². The van der Waals surface area contributed by atoms with Gasteiger partial charge in [0, 0.05) is 6.54 Å². The molecule has 0 amide bonds. The molecule has 1 aliphatic heterocycles. The van der Waals surface area contributed by atoms with Crippen LogP contribution in [0.25, 0.3) is 0 Å². The molecule has 26 heavy (non-hydrogen) atoms. The SMILES string of the molecule is Cc1ccc(C2CN(S(=O)(=O)Cc3cccc(C)c3)C(C)(C)CO2)cc1. The van der Waals surface area contributed by atoms with Gasteiger partial charge in [-0.15, -0.1) is 0 Å². The lowest BCUT2D eigenvalue weighted by Crippen LogP contribution is -2.56. The highest BCUT2D eigenvalue weighted by atomic mass is 32.2. The monoisotopic (exact) mass is 373 g/mol. The van der Waals surface area contributed by atoms with Crippen molar-refractivity contribution in [3.8, 4) is 0 Å². The molecule has 1 fully saturated rings. The highest BCUT2D eigenvalue weighted by Gasteiger charge is 2.42. The maximum absolute atomic E-state index is 13.2. The average molecular weight is 374 g/mol. The van der Waals surface area contributed by atoms with E-state index in [-0.39, 0.29) is 11.9 Å². The molecule has 0 radical (unpaired) electrons. The predicted molar refractivity (Wildman–Crippen MR) is 104 cm³/mol. The van der Waals surface area contributed by atoms with Crippen LogP contribution in [0.1, 0.15) is 42.2 Å². The zero-order valence-corrected chi connectivity index (χ0v) is 16.7. The van der Waals surface area contributed by atoms with Crippen LogP contribution in [0.4, 0.5) is 0 Å². The molecular formula is C21H27NO3S. The van der Waals surface area contributed by atoms with Crippen LogP contribution in [0.2, 0.25) is 0 Å². The van der Waals surface area contributed by atoms with Crippen molar-refractivity contribution in [2.45, 2.75) is 45.1 Å². The molecule has 1 heterocycles. The van der Waals surface area contributed by atoms with Crippen LogP contribution in [0, 0.1) is 13.8 Å². The van der Waals surface area contributed by atoms with Gasteiger partial charge in [0.1, 0.15) is 0 Å². The fraction of sp³-hybridized carbons (Fsp3) is 0.429. The van der Waals surface area contributed by atoms with Crippen LogP contribution in [-0.2, 0) is 20.5 Å². The molecule has 3 rings (SSSR count). The molecule has 1 saturated heterocycles. The minimum atomic E-state index is -3.46. The Morgan fingerprint density at radius 1 is 1.08 bits per heavy atom. The second-order valence-electron chi connectivity index (χ2n) is 7.80. The Kier molecular flexibility index (Phi) is 5.24. The molecule has 0 spiro atoms. The summed E-state index contributed by atoms with van der Waals surface area (Å²) >= 11 is 0. The van der Waals surface area contributed by atoms with Crippen LogP contribution >= 0.6 is 0 Å². The molecule has 5 heteroatoms. The van der Waals surface area contributed by atoms with Crippen molar-refractivity contribution in [3.05, 3.63) is 70.8 Å². The van der Waals surface area contributed by atoms with Gasteiger partial charge in [0.05, 0.1) is 24.0 Å². The van der Waals surface area contributed by atoms with Gasteiger partial charge in [-0.05, 0) is 38.8 Å². The van der Waals surface area contributed by atoms with Gasteiger partial charge in [0.25, 0.3) is 0 Å². The Morgan fingerprint density at radius 2 is 1.77 bits per heavy atom. The highest BCUT2D eigenvalue weighted by molar-refractivity contribution is 7.88. The number of rotatable bonds is 4. The summed E-state index contributed by atoms with van der Waals surface area (Å²) in [5, 5.41) is 0. The van der Waals surface area contributed by atoms with Crippen LogP contribution in [0.15, 0.2) is 48.5 Å². The predicted octanol–water partition coefficient (Wildman–Crippen LogP) is 3.99. The number of sulfonamides is 1. The van der Waals surface area contributed by atoms with E-state index in [2.05, 4.69) is 0 Å². The van der Waals surface area contributed by atoms with Crippen molar-refractivity contribution in [2.24, 2.45) is 0 Å². The van der Waals surface area contributed by atoms with Gasteiger partial charge >= 0.3 is 0 Å². The summed E-state index contributed by atoms with van der Waals surface area (Å²) in [5.74, 6) is 0.0126. The molecule has 0 N–H and O–H groups in total. The van der Waals surface area contributed by atoms with Crippen molar-refractivity contribution in [2.75, 3.05) is 13.2 Å². The Hall–Kier alpha value is -1.69. The van der Waals surface area contributed by atoms with Gasteiger partial charge in [0.15, 0.2) is 0 Å². The van der Waals surface area contributed by atoms with E-state index < -0.39 is 15.6 Å². The normalized spacial score (nSPS) is 20.8. The molecule has 1 aliphatic rings. The van der Waals surface area contributed by atoms with E-state index in [4.69, 9.17) is 4.74 Å². The first-order valence-corrected chi connectivity index (χ1v) is 10.5. The molecule has 0 bridgehead atoms. The number of nitrogens with zero attached hydrogens (tertiary/aromatic N) is 1. The lowest BCUT2D eigenvalue weighted by Gasteiger charge is -2.44. The summed E-state index contributed by atoms with van der Waals surface area (Å²) in [6.45, 7) is 8.57. The lowest BCUT2D eigenvalue weighted by atomic mass is 10.0. The fourth-order valence-corrected chi connectivity index (χ4v) is 5.32. The second-order valence-corrected chi connectivity index (χ2v) is 9.69. The third-order valence-corrected chi connectivity index (χ3v) is 6.87. The number of benzene rings is 2. The maximum atomic E-state index is 13.2. The number of morpholine rings is 1. The van der Waals surface area contributed by atoms with E-state index in [0.29, 0.717) is 13.2 Å². The Labute approximate surface area is 156 Å². The Bertz CT molecular complexity index is 872. The lowest BCUT2D eigenvalue weighted by molar-refractivity contribution is -0.0655. The first-order chi connectivity index (χ1) is 12.2. The Balaban J connectivity index is 1.85. The molecule has 4 nitrogen and oxygen atoms in total. The van der Waals surface area contributed by atoms with Gasteiger partial charge < -0.3 is 4.74 Å². The van der Waals surface area contributed by atoms with Crippen molar-refractivity contribution < 1.29 is 13.2 Å². The van der Waals surface area contributed by atoms with Gasteiger partial charge in [0.2, 0.25) is 10.0 Å². The molecule has 1 unspecified atom stereocenters. The van der Waals surface area contributed by atoms with Gasteiger partial charge in [-0.25, -0.2) is 8.42 Å². The van der Waals surface area contributed by atoms with E-state index in [1.165, 1.54) is 5.56 Å². The molecule has 0 saturated carbocycles. The van der Waals surface area contributed by atoms with Crippen LogP contribution < -0.4 is 0 Å². The zero-order valence-electron chi connectivity index (χ0n) is 15.9. The van der Waals surface area contributed by atoms with Gasteiger partial charge in [-0.1, -0.05) is 59.7 Å². The molecule has 1 atom stereocenters. The van der Waals surface area contributed by atoms with Crippen molar-refractivity contribution >= 4 is 10.0 Å². The summed E-state index contributed by atoms with van der Waals surface area (Å²) < 4.78 is 34.0. The van der Waals surface area contributed by atoms with Crippen molar-refractivity contribution in [3.63, 3.8) is 0 Å². The summed E-state index contributed by atoms with van der Waals surface area (Å²) in [6, 6.07) is 15.8. The number of hydrogen-bond donors (Lipinski definition) is 0. The molecule has 0 aromatic heterocycles. The van der Waals surface area contributed by atoms with Crippen LogP contribution in [0.3, 0.4) is 0 Å². The highest BCUT2D eigenvalue weighted by Crippen LogP contribution is 2.33. The molecular weight excluding hydrogens is 346 g/mol. The largest absolute Gasteiger partial charge is 0.370 e. The molecule has 140 valence electrons. The van der Waals surface area contributed by atoms with Crippen molar-refractivity contribution in [1.29, 1.82) is 0 Å². The summed E-state index contributed by atoms with van der Waals surface area (Å²) in [6.07, 6.45) is -0.240. The summed E-state index contributed by atoms with van der Waals surface area (Å²) in [5.41, 5.74) is 3.51. The summed E-state index contributed by atoms with van der Waals surface area (Å²) in [7, 11) is -3.46. The van der Waals surface area contributed by atoms with E-state index >= 15 is 0 Å².